The molecule has 2 amide bonds. The normalized spacial score (nSPS) is 23.9. The number of likely N-dealkylation sites (tertiary alicyclic amines) is 1. The minimum Gasteiger partial charge on any atom is -0.355 e. The summed E-state index contributed by atoms with van der Waals surface area (Å²) in [5.41, 5.74) is 5.65. The van der Waals surface area contributed by atoms with E-state index >= 15 is 0 Å². The fourth-order valence-corrected chi connectivity index (χ4v) is 2.29. The van der Waals surface area contributed by atoms with E-state index in [2.05, 4.69) is 22.5 Å². The van der Waals surface area contributed by atoms with Gasteiger partial charge in [0, 0.05) is 32.6 Å². The summed E-state index contributed by atoms with van der Waals surface area (Å²) in [6.45, 7) is 6.53. The predicted octanol–water partition coefficient (Wildman–Crippen LogP) is -1.09. The quantitative estimate of drug-likeness (QED) is 0.527. The van der Waals surface area contributed by atoms with Gasteiger partial charge in [-0.2, -0.15) is 0 Å². The lowest BCUT2D eigenvalue weighted by atomic mass is 10.1. The molecule has 1 heterocycles. The Morgan fingerprint density at radius 1 is 1.33 bits per heavy atom. The van der Waals surface area contributed by atoms with Crippen LogP contribution >= 0.6 is 0 Å². The van der Waals surface area contributed by atoms with Gasteiger partial charge in [-0.25, -0.2) is 0 Å². The van der Waals surface area contributed by atoms with Crippen LogP contribution in [0.3, 0.4) is 0 Å². The van der Waals surface area contributed by atoms with Gasteiger partial charge in [0.1, 0.15) is 0 Å². The Morgan fingerprint density at radius 2 is 2.00 bits per heavy atom. The molecule has 0 saturated carbocycles. The Hall–Kier alpha value is -1.14. The largest absolute Gasteiger partial charge is 0.355 e. The van der Waals surface area contributed by atoms with Crippen molar-refractivity contribution in [1.29, 1.82) is 0 Å². The smallest absolute Gasteiger partial charge is 0.234 e. The van der Waals surface area contributed by atoms with Crippen molar-refractivity contribution < 1.29 is 9.59 Å². The van der Waals surface area contributed by atoms with Crippen molar-refractivity contribution >= 4 is 11.8 Å². The van der Waals surface area contributed by atoms with E-state index in [1.54, 1.807) is 0 Å². The van der Waals surface area contributed by atoms with Gasteiger partial charge >= 0.3 is 0 Å². The average molecular weight is 256 g/mol. The molecule has 0 aromatic rings. The lowest BCUT2D eigenvalue weighted by Gasteiger charge is -2.20. The number of nitrogens with one attached hydrogen (secondary N) is 2. The van der Waals surface area contributed by atoms with Gasteiger partial charge in [0.2, 0.25) is 11.8 Å². The first-order chi connectivity index (χ1) is 8.52. The van der Waals surface area contributed by atoms with Gasteiger partial charge in [-0.15, -0.1) is 0 Å². The molecule has 6 heteroatoms. The van der Waals surface area contributed by atoms with Crippen molar-refractivity contribution in [2.75, 3.05) is 32.7 Å². The number of amides is 2. The molecule has 1 saturated heterocycles. The van der Waals surface area contributed by atoms with Crippen LogP contribution in [0.5, 0.6) is 0 Å². The molecule has 104 valence electrons. The average Bonchev–Trinajstić information content (AvgIpc) is 2.65. The second-order valence-electron chi connectivity index (χ2n) is 4.95. The van der Waals surface area contributed by atoms with Crippen LogP contribution in [0, 0.1) is 5.92 Å². The predicted molar refractivity (Wildman–Crippen MR) is 69.9 cm³/mol. The maximum atomic E-state index is 11.7. The second kappa shape index (κ2) is 7.33. The SMILES string of the molecule is CC(=O)NCCNC(=O)CN1CC(CN)CC1C. The van der Waals surface area contributed by atoms with Crippen LogP contribution in [-0.2, 0) is 9.59 Å². The minimum atomic E-state index is -0.0804. The van der Waals surface area contributed by atoms with E-state index in [1.165, 1.54) is 6.92 Å². The van der Waals surface area contributed by atoms with Crippen LogP contribution in [0.15, 0.2) is 0 Å². The summed E-state index contributed by atoms with van der Waals surface area (Å²) in [5.74, 6) is 0.431. The molecular formula is C12H24N4O2. The van der Waals surface area contributed by atoms with Crippen LogP contribution in [0.1, 0.15) is 20.3 Å². The maximum absolute atomic E-state index is 11.7. The van der Waals surface area contributed by atoms with Crippen LogP contribution in [-0.4, -0.2) is 55.5 Å². The van der Waals surface area contributed by atoms with E-state index in [4.69, 9.17) is 5.73 Å². The Bertz CT molecular complexity index is 296. The molecule has 0 bridgehead atoms. The lowest BCUT2D eigenvalue weighted by molar-refractivity contribution is -0.123. The highest BCUT2D eigenvalue weighted by atomic mass is 16.2. The van der Waals surface area contributed by atoms with Gasteiger partial charge < -0.3 is 16.4 Å². The number of hydrogen-bond acceptors (Lipinski definition) is 4. The standard InChI is InChI=1S/C12H24N4O2/c1-9-5-11(6-13)7-16(9)8-12(18)15-4-3-14-10(2)17/h9,11H,3-8,13H2,1-2H3,(H,14,17)(H,15,18). The van der Waals surface area contributed by atoms with Gasteiger partial charge in [-0.05, 0) is 25.8 Å². The topological polar surface area (TPSA) is 87.5 Å². The Labute approximate surface area is 108 Å². The molecule has 2 atom stereocenters. The summed E-state index contributed by atoms with van der Waals surface area (Å²) in [4.78, 5) is 24.5. The maximum Gasteiger partial charge on any atom is 0.234 e. The van der Waals surface area contributed by atoms with E-state index in [-0.39, 0.29) is 11.8 Å². The van der Waals surface area contributed by atoms with Crippen molar-refractivity contribution in [1.82, 2.24) is 15.5 Å². The van der Waals surface area contributed by atoms with E-state index < -0.39 is 0 Å². The highest BCUT2D eigenvalue weighted by Gasteiger charge is 2.28. The summed E-state index contributed by atoms with van der Waals surface area (Å²) in [7, 11) is 0. The second-order valence-corrected chi connectivity index (χ2v) is 4.95. The molecule has 0 spiro atoms. The van der Waals surface area contributed by atoms with Crippen molar-refractivity contribution in [2.45, 2.75) is 26.3 Å². The van der Waals surface area contributed by atoms with Gasteiger partial charge in [-0.3, -0.25) is 14.5 Å². The number of rotatable bonds is 6. The molecule has 0 aliphatic carbocycles. The van der Waals surface area contributed by atoms with Crippen molar-refractivity contribution in [2.24, 2.45) is 11.7 Å². The van der Waals surface area contributed by atoms with Crippen LogP contribution in [0.2, 0.25) is 0 Å². The molecule has 4 N–H and O–H groups in total. The van der Waals surface area contributed by atoms with Crippen molar-refractivity contribution in [3.05, 3.63) is 0 Å². The molecule has 0 aromatic carbocycles. The molecule has 0 radical (unpaired) electrons. The summed E-state index contributed by atoms with van der Waals surface area (Å²) in [6, 6.07) is 0.416. The number of hydrogen-bond donors (Lipinski definition) is 3. The minimum absolute atomic E-state index is 0.00451. The van der Waals surface area contributed by atoms with Gasteiger partial charge in [0.05, 0.1) is 6.54 Å². The van der Waals surface area contributed by atoms with E-state index in [1.807, 2.05) is 0 Å². The van der Waals surface area contributed by atoms with Crippen molar-refractivity contribution in [3.63, 3.8) is 0 Å². The van der Waals surface area contributed by atoms with Gasteiger partial charge in [0.25, 0.3) is 0 Å². The monoisotopic (exact) mass is 256 g/mol. The zero-order valence-corrected chi connectivity index (χ0v) is 11.2. The van der Waals surface area contributed by atoms with Gasteiger partial charge in [0.15, 0.2) is 0 Å². The molecular weight excluding hydrogens is 232 g/mol. The Balaban J connectivity index is 2.18. The molecule has 1 aliphatic rings. The Kier molecular flexibility index (Phi) is 6.07. The van der Waals surface area contributed by atoms with E-state index in [0.717, 1.165) is 13.0 Å². The first-order valence-corrected chi connectivity index (χ1v) is 6.48. The first kappa shape index (κ1) is 14.9. The van der Waals surface area contributed by atoms with Gasteiger partial charge in [-0.1, -0.05) is 0 Å². The lowest BCUT2D eigenvalue weighted by Crippen LogP contribution is -2.41. The summed E-state index contributed by atoms with van der Waals surface area (Å²) < 4.78 is 0. The summed E-state index contributed by atoms with van der Waals surface area (Å²) in [6.07, 6.45) is 1.07. The highest BCUT2D eigenvalue weighted by Crippen LogP contribution is 2.21. The van der Waals surface area contributed by atoms with Crippen LogP contribution in [0.25, 0.3) is 0 Å². The van der Waals surface area contributed by atoms with Crippen LogP contribution < -0.4 is 16.4 Å². The third-order valence-electron chi connectivity index (χ3n) is 3.29. The zero-order valence-electron chi connectivity index (χ0n) is 11.2. The molecule has 0 aromatic heterocycles. The number of nitrogens with two attached hydrogens (primary N) is 1. The fourth-order valence-electron chi connectivity index (χ4n) is 2.29. The third-order valence-corrected chi connectivity index (χ3v) is 3.29. The molecule has 18 heavy (non-hydrogen) atoms. The summed E-state index contributed by atoms with van der Waals surface area (Å²) in [5, 5.41) is 5.43. The summed E-state index contributed by atoms with van der Waals surface area (Å²) >= 11 is 0. The highest BCUT2D eigenvalue weighted by molar-refractivity contribution is 5.78. The number of nitrogens with zero attached hydrogens (tertiary/aromatic N) is 1. The number of carbonyl (C=O) groups excluding carboxylic acids is 2. The van der Waals surface area contributed by atoms with E-state index in [0.29, 0.717) is 38.1 Å². The van der Waals surface area contributed by atoms with E-state index in [9.17, 15) is 9.59 Å². The number of carbonyl (C=O) groups is 2. The van der Waals surface area contributed by atoms with Crippen molar-refractivity contribution in [3.8, 4) is 0 Å². The molecule has 1 aliphatic heterocycles. The molecule has 6 nitrogen and oxygen atoms in total. The molecule has 2 unspecified atom stereocenters. The zero-order chi connectivity index (χ0) is 13.5. The fraction of sp³-hybridized carbons (Fsp3) is 0.833. The Morgan fingerprint density at radius 3 is 2.56 bits per heavy atom. The third kappa shape index (κ3) is 5.01. The van der Waals surface area contributed by atoms with Crippen LogP contribution in [0.4, 0.5) is 0 Å². The molecule has 1 fully saturated rings. The first-order valence-electron chi connectivity index (χ1n) is 6.48. The molecule has 1 rings (SSSR count).